The first-order valence-electron chi connectivity index (χ1n) is 5.93. The van der Waals surface area contributed by atoms with Gasteiger partial charge in [0.1, 0.15) is 0 Å². The molecule has 0 aromatic carbocycles. The Morgan fingerprint density at radius 2 is 2.47 bits per heavy atom. The van der Waals surface area contributed by atoms with E-state index < -0.39 is 0 Å². The summed E-state index contributed by atoms with van der Waals surface area (Å²) in [6.07, 6.45) is 0.999. The van der Waals surface area contributed by atoms with Gasteiger partial charge in [0.05, 0.1) is 6.10 Å². The molecule has 1 aliphatic heterocycles. The second-order valence-electron chi connectivity index (χ2n) is 4.37. The van der Waals surface area contributed by atoms with Crippen molar-refractivity contribution in [3.05, 3.63) is 22.4 Å². The third-order valence-electron chi connectivity index (χ3n) is 3.04. The van der Waals surface area contributed by atoms with Crippen LogP contribution in [-0.4, -0.2) is 36.8 Å². The van der Waals surface area contributed by atoms with Crippen molar-refractivity contribution < 1.29 is 9.90 Å². The second-order valence-corrected chi connectivity index (χ2v) is 5.40. The molecule has 1 aromatic heterocycles. The van der Waals surface area contributed by atoms with Crippen molar-refractivity contribution in [2.75, 3.05) is 19.6 Å². The van der Waals surface area contributed by atoms with Crippen LogP contribution in [0.1, 0.15) is 11.3 Å². The fourth-order valence-corrected chi connectivity index (χ4v) is 2.66. The van der Waals surface area contributed by atoms with E-state index in [9.17, 15) is 9.90 Å². The van der Waals surface area contributed by atoms with Gasteiger partial charge in [0.25, 0.3) is 0 Å². The minimum Gasteiger partial charge on any atom is -0.391 e. The van der Waals surface area contributed by atoms with Crippen LogP contribution in [0.15, 0.2) is 17.5 Å². The molecular weight excluding hydrogens is 236 g/mol. The molecule has 17 heavy (non-hydrogen) atoms. The van der Waals surface area contributed by atoms with Gasteiger partial charge in [-0.15, -0.1) is 11.3 Å². The molecule has 94 valence electrons. The number of amides is 1. The van der Waals surface area contributed by atoms with Gasteiger partial charge in [-0.25, -0.2) is 0 Å². The van der Waals surface area contributed by atoms with Crippen molar-refractivity contribution in [3.8, 4) is 0 Å². The number of carbonyl (C=O) groups is 1. The molecule has 2 atom stereocenters. The summed E-state index contributed by atoms with van der Waals surface area (Å²) in [5, 5.41) is 17.6. The molecule has 0 saturated carbocycles. The molecule has 1 aromatic rings. The monoisotopic (exact) mass is 254 g/mol. The van der Waals surface area contributed by atoms with Gasteiger partial charge in [0.2, 0.25) is 5.91 Å². The average Bonchev–Trinajstić information content (AvgIpc) is 2.95. The molecule has 0 aliphatic carbocycles. The summed E-state index contributed by atoms with van der Waals surface area (Å²) in [6, 6.07) is 4.04. The summed E-state index contributed by atoms with van der Waals surface area (Å²) < 4.78 is 0. The summed E-state index contributed by atoms with van der Waals surface area (Å²) in [5.41, 5.74) is 0. The quantitative estimate of drug-likeness (QED) is 0.712. The fourth-order valence-electron chi connectivity index (χ4n) is 1.95. The third kappa shape index (κ3) is 3.80. The standard InChI is InChI=1S/C12H18N2O2S/c15-11-8-13-6-9(11)7-14-12(16)4-3-10-2-1-5-17-10/h1-2,5,9,11,13,15H,3-4,6-8H2,(H,14,16). The normalized spacial score (nSPS) is 23.8. The maximum absolute atomic E-state index is 11.6. The van der Waals surface area contributed by atoms with Crippen molar-refractivity contribution in [2.24, 2.45) is 5.92 Å². The molecule has 1 fully saturated rings. The Morgan fingerprint density at radius 1 is 1.59 bits per heavy atom. The van der Waals surface area contributed by atoms with Crippen LogP contribution in [-0.2, 0) is 11.2 Å². The van der Waals surface area contributed by atoms with Crippen LogP contribution in [0.2, 0.25) is 0 Å². The van der Waals surface area contributed by atoms with Crippen molar-refractivity contribution in [1.29, 1.82) is 0 Å². The smallest absolute Gasteiger partial charge is 0.220 e. The first-order valence-corrected chi connectivity index (χ1v) is 6.81. The minimum absolute atomic E-state index is 0.0671. The molecule has 2 heterocycles. The predicted octanol–water partition coefficient (Wildman–Crippen LogP) is 0.377. The summed E-state index contributed by atoms with van der Waals surface area (Å²) in [5.74, 6) is 0.221. The van der Waals surface area contributed by atoms with E-state index in [1.54, 1.807) is 11.3 Å². The van der Waals surface area contributed by atoms with E-state index in [1.165, 1.54) is 4.88 Å². The second kappa shape index (κ2) is 6.14. The van der Waals surface area contributed by atoms with Gasteiger partial charge < -0.3 is 15.7 Å². The number of hydrogen-bond donors (Lipinski definition) is 3. The van der Waals surface area contributed by atoms with Crippen LogP contribution in [0.4, 0.5) is 0 Å². The Balaban J connectivity index is 1.64. The molecule has 0 spiro atoms. The van der Waals surface area contributed by atoms with Crippen molar-refractivity contribution in [1.82, 2.24) is 10.6 Å². The topological polar surface area (TPSA) is 61.4 Å². The lowest BCUT2D eigenvalue weighted by Crippen LogP contribution is -2.34. The van der Waals surface area contributed by atoms with Gasteiger partial charge in [0, 0.05) is 36.9 Å². The molecule has 0 bridgehead atoms. The lowest BCUT2D eigenvalue weighted by atomic mass is 10.1. The Morgan fingerprint density at radius 3 is 3.12 bits per heavy atom. The zero-order valence-electron chi connectivity index (χ0n) is 9.69. The summed E-state index contributed by atoms with van der Waals surface area (Å²) in [6.45, 7) is 1.99. The molecule has 2 unspecified atom stereocenters. The van der Waals surface area contributed by atoms with E-state index in [1.807, 2.05) is 17.5 Å². The number of hydrogen-bond acceptors (Lipinski definition) is 4. The molecule has 0 radical (unpaired) electrons. The SMILES string of the molecule is O=C(CCc1cccs1)NCC1CNCC1O. The van der Waals surface area contributed by atoms with Gasteiger partial charge in [0.15, 0.2) is 0 Å². The Bertz CT molecular complexity index is 353. The molecular formula is C12H18N2O2S. The van der Waals surface area contributed by atoms with Crippen molar-refractivity contribution >= 4 is 17.2 Å². The number of aliphatic hydroxyl groups is 1. The maximum Gasteiger partial charge on any atom is 0.220 e. The highest BCUT2D eigenvalue weighted by molar-refractivity contribution is 7.09. The van der Waals surface area contributed by atoms with Gasteiger partial charge >= 0.3 is 0 Å². The first-order chi connectivity index (χ1) is 8.25. The zero-order chi connectivity index (χ0) is 12.1. The number of aryl methyl sites for hydroxylation is 1. The van der Waals surface area contributed by atoms with Crippen molar-refractivity contribution in [2.45, 2.75) is 18.9 Å². The van der Waals surface area contributed by atoms with Crippen LogP contribution in [0.25, 0.3) is 0 Å². The van der Waals surface area contributed by atoms with E-state index >= 15 is 0 Å². The van der Waals surface area contributed by atoms with Crippen LogP contribution in [0.3, 0.4) is 0 Å². The number of rotatable bonds is 5. The lowest BCUT2D eigenvalue weighted by Gasteiger charge is -2.13. The van der Waals surface area contributed by atoms with Crippen LogP contribution < -0.4 is 10.6 Å². The predicted molar refractivity (Wildman–Crippen MR) is 68.0 cm³/mol. The zero-order valence-corrected chi connectivity index (χ0v) is 10.5. The van der Waals surface area contributed by atoms with Gasteiger partial charge in [-0.3, -0.25) is 4.79 Å². The Labute approximate surface area is 105 Å². The van der Waals surface area contributed by atoms with Gasteiger partial charge in [-0.2, -0.15) is 0 Å². The highest BCUT2D eigenvalue weighted by atomic mass is 32.1. The van der Waals surface area contributed by atoms with E-state index in [4.69, 9.17) is 0 Å². The van der Waals surface area contributed by atoms with Gasteiger partial charge in [-0.1, -0.05) is 6.07 Å². The van der Waals surface area contributed by atoms with E-state index in [0.717, 1.165) is 13.0 Å². The average molecular weight is 254 g/mol. The summed E-state index contributed by atoms with van der Waals surface area (Å²) in [7, 11) is 0. The summed E-state index contributed by atoms with van der Waals surface area (Å²) >= 11 is 1.68. The Hall–Kier alpha value is -0.910. The number of thiophene rings is 1. The molecule has 1 amide bonds. The number of nitrogens with one attached hydrogen (secondary N) is 2. The third-order valence-corrected chi connectivity index (χ3v) is 3.98. The maximum atomic E-state index is 11.6. The minimum atomic E-state index is -0.326. The summed E-state index contributed by atoms with van der Waals surface area (Å²) in [4.78, 5) is 12.8. The first kappa shape index (κ1) is 12.5. The number of carbonyl (C=O) groups excluding carboxylic acids is 1. The van der Waals surface area contributed by atoms with E-state index in [2.05, 4.69) is 10.6 Å². The fraction of sp³-hybridized carbons (Fsp3) is 0.583. The molecule has 1 aliphatic rings. The van der Waals surface area contributed by atoms with E-state index in [-0.39, 0.29) is 17.9 Å². The highest BCUT2D eigenvalue weighted by Crippen LogP contribution is 2.11. The largest absolute Gasteiger partial charge is 0.391 e. The molecule has 5 heteroatoms. The molecule has 3 N–H and O–H groups in total. The van der Waals surface area contributed by atoms with Crippen molar-refractivity contribution in [3.63, 3.8) is 0 Å². The number of β-amino-alcohol motifs (C(OH)–C–C–N with tert-alkyl or cyclic N) is 1. The molecule has 4 nitrogen and oxygen atoms in total. The Kier molecular flexibility index (Phi) is 4.53. The number of aliphatic hydroxyl groups excluding tert-OH is 1. The van der Waals surface area contributed by atoms with E-state index in [0.29, 0.717) is 19.5 Å². The van der Waals surface area contributed by atoms with Crippen LogP contribution >= 0.6 is 11.3 Å². The lowest BCUT2D eigenvalue weighted by molar-refractivity contribution is -0.121. The highest BCUT2D eigenvalue weighted by Gasteiger charge is 2.24. The van der Waals surface area contributed by atoms with Crippen LogP contribution in [0.5, 0.6) is 0 Å². The van der Waals surface area contributed by atoms with Crippen LogP contribution in [0, 0.1) is 5.92 Å². The molecule has 2 rings (SSSR count). The molecule has 1 saturated heterocycles. The van der Waals surface area contributed by atoms with Gasteiger partial charge in [-0.05, 0) is 17.9 Å².